The van der Waals surface area contributed by atoms with Gasteiger partial charge in [-0.1, -0.05) is 46.3 Å². The quantitative estimate of drug-likeness (QED) is 0.683. The Bertz CT molecular complexity index is 843. The van der Waals surface area contributed by atoms with Crippen LogP contribution in [0.2, 0.25) is 0 Å². The number of nitrogens with zero attached hydrogens (tertiary/aromatic N) is 2. The van der Waals surface area contributed by atoms with Gasteiger partial charge in [0.15, 0.2) is 5.82 Å². The van der Waals surface area contributed by atoms with Crippen molar-refractivity contribution in [3.8, 4) is 5.75 Å². The molecule has 0 aliphatic rings. The number of fused-ring (bicyclic) bond motifs is 1. The Morgan fingerprint density at radius 1 is 1.10 bits per heavy atom. The smallest absolute Gasteiger partial charge is 0.152 e. The minimum absolute atomic E-state index is 0.227. The number of hydrogen-bond donors (Lipinski definition) is 1. The molecule has 1 aromatic heterocycles. The number of rotatable bonds is 2. The van der Waals surface area contributed by atoms with Gasteiger partial charge in [-0.15, -0.1) is 0 Å². The van der Waals surface area contributed by atoms with Crippen LogP contribution >= 0.6 is 15.9 Å². The molecule has 3 rings (SSSR count). The van der Waals surface area contributed by atoms with Crippen LogP contribution in [0.3, 0.4) is 0 Å². The first kappa shape index (κ1) is 13.8. The first-order valence-corrected chi connectivity index (χ1v) is 7.32. The van der Waals surface area contributed by atoms with Crippen molar-refractivity contribution in [2.75, 3.05) is 0 Å². The highest BCUT2D eigenvalue weighted by atomic mass is 79.9. The third-order valence-electron chi connectivity index (χ3n) is 3.20. The third-order valence-corrected chi connectivity index (χ3v) is 3.86. The number of hydrogen-bond acceptors (Lipinski definition) is 3. The van der Waals surface area contributed by atoms with E-state index in [-0.39, 0.29) is 5.75 Å². The van der Waals surface area contributed by atoms with Crippen molar-refractivity contribution >= 4 is 38.7 Å². The van der Waals surface area contributed by atoms with E-state index < -0.39 is 0 Å². The first-order valence-electron chi connectivity index (χ1n) is 6.53. The molecule has 2 aromatic carbocycles. The van der Waals surface area contributed by atoms with Crippen LogP contribution in [0.4, 0.5) is 5.82 Å². The summed E-state index contributed by atoms with van der Waals surface area (Å²) in [5.74, 6) is 0.851. The van der Waals surface area contributed by atoms with Crippen molar-refractivity contribution < 1.29 is 5.11 Å². The predicted molar refractivity (Wildman–Crippen MR) is 89.5 cm³/mol. The zero-order valence-corrected chi connectivity index (χ0v) is 13.0. The number of phenols is 1. The lowest BCUT2D eigenvalue weighted by atomic mass is 10.1. The Balaban J connectivity index is 2.07. The fraction of sp³-hybridized carbons (Fsp3) is 0.0588. The highest BCUT2D eigenvalue weighted by Gasteiger charge is 2.08. The molecule has 0 saturated heterocycles. The third kappa shape index (κ3) is 2.81. The molecule has 21 heavy (non-hydrogen) atoms. The van der Waals surface area contributed by atoms with Crippen molar-refractivity contribution in [3.05, 3.63) is 64.3 Å². The molecule has 0 saturated carbocycles. The van der Waals surface area contributed by atoms with Gasteiger partial charge >= 0.3 is 0 Å². The van der Waals surface area contributed by atoms with Crippen LogP contribution in [0.15, 0.2) is 58.0 Å². The fourth-order valence-electron chi connectivity index (χ4n) is 2.17. The maximum atomic E-state index is 10.4. The molecule has 104 valence electrons. The van der Waals surface area contributed by atoms with E-state index in [2.05, 4.69) is 25.9 Å². The van der Waals surface area contributed by atoms with Crippen LogP contribution in [0.25, 0.3) is 10.8 Å². The minimum atomic E-state index is 0.227. The average molecular weight is 341 g/mol. The van der Waals surface area contributed by atoms with E-state index in [1.165, 1.54) is 0 Å². The van der Waals surface area contributed by atoms with Crippen molar-refractivity contribution in [1.82, 2.24) is 4.98 Å². The molecule has 0 radical (unpaired) electrons. The zero-order valence-electron chi connectivity index (χ0n) is 11.4. The van der Waals surface area contributed by atoms with Gasteiger partial charge in [-0.05, 0) is 30.5 Å². The van der Waals surface area contributed by atoms with Crippen LogP contribution in [0, 0.1) is 6.92 Å². The Morgan fingerprint density at radius 2 is 1.86 bits per heavy atom. The standard InChI is InChI=1S/C17H13BrN2O/c1-11-5-4-8-16(20-11)19-10-12-9-15(18)13-6-2-3-7-14(13)17(12)21/h2-10,21H,1H3. The van der Waals surface area contributed by atoms with Crippen molar-refractivity contribution in [2.45, 2.75) is 6.92 Å². The molecule has 0 atom stereocenters. The summed E-state index contributed by atoms with van der Waals surface area (Å²) >= 11 is 3.53. The van der Waals surface area contributed by atoms with Crippen LogP contribution in [0.5, 0.6) is 5.75 Å². The van der Waals surface area contributed by atoms with Gasteiger partial charge in [0.25, 0.3) is 0 Å². The molecule has 3 aromatic rings. The Hall–Kier alpha value is -2.20. The number of aryl methyl sites for hydroxylation is 1. The summed E-state index contributed by atoms with van der Waals surface area (Å²) in [6.07, 6.45) is 1.63. The molecule has 0 spiro atoms. The number of benzene rings is 2. The first-order chi connectivity index (χ1) is 10.1. The molecule has 1 heterocycles. The van der Waals surface area contributed by atoms with Crippen molar-refractivity contribution in [2.24, 2.45) is 4.99 Å². The zero-order chi connectivity index (χ0) is 14.8. The number of phenolic OH excluding ortho intramolecular Hbond substituents is 1. The van der Waals surface area contributed by atoms with Gasteiger partial charge in [0.05, 0.1) is 0 Å². The number of aliphatic imine (C=N–C) groups is 1. The van der Waals surface area contributed by atoms with Gasteiger partial charge in [-0.25, -0.2) is 9.98 Å². The molecule has 0 aliphatic heterocycles. The van der Waals surface area contributed by atoms with E-state index in [0.29, 0.717) is 11.4 Å². The minimum Gasteiger partial charge on any atom is -0.507 e. The second kappa shape index (κ2) is 5.66. The van der Waals surface area contributed by atoms with E-state index in [4.69, 9.17) is 0 Å². The number of pyridine rings is 1. The summed E-state index contributed by atoms with van der Waals surface area (Å²) in [5.41, 5.74) is 1.57. The predicted octanol–water partition coefficient (Wildman–Crippen LogP) is 4.76. The lowest BCUT2D eigenvalue weighted by Crippen LogP contribution is -1.87. The summed E-state index contributed by atoms with van der Waals surface area (Å²) in [6.45, 7) is 1.92. The lowest BCUT2D eigenvalue weighted by molar-refractivity contribution is 0.481. The molecule has 1 N–H and O–H groups in total. The summed E-state index contributed by atoms with van der Waals surface area (Å²) in [4.78, 5) is 8.64. The van der Waals surface area contributed by atoms with Gasteiger partial charge in [0, 0.05) is 27.3 Å². The highest BCUT2D eigenvalue weighted by Crippen LogP contribution is 2.33. The van der Waals surface area contributed by atoms with Gasteiger partial charge in [-0.2, -0.15) is 0 Å². The lowest BCUT2D eigenvalue weighted by Gasteiger charge is -2.06. The molecule has 0 aliphatic carbocycles. The fourth-order valence-corrected chi connectivity index (χ4v) is 2.76. The van der Waals surface area contributed by atoms with Crippen molar-refractivity contribution in [3.63, 3.8) is 0 Å². The van der Waals surface area contributed by atoms with E-state index in [0.717, 1.165) is 20.9 Å². The summed E-state index contributed by atoms with van der Waals surface area (Å²) in [6, 6.07) is 15.2. The van der Waals surface area contributed by atoms with Crippen LogP contribution in [-0.4, -0.2) is 16.3 Å². The largest absolute Gasteiger partial charge is 0.507 e. The Morgan fingerprint density at radius 3 is 2.62 bits per heavy atom. The average Bonchev–Trinajstić information content (AvgIpc) is 2.50. The maximum Gasteiger partial charge on any atom is 0.152 e. The molecule has 4 heteroatoms. The molecule has 0 amide bonds. The number of halogens is 1. The maximum absolute atomic E-state index is 10.4. The Labute approximate surface area is 131 Å². The number of aromatic nitrogens is 1. The molecule has 0 fully saturated rings. The summed E-state index contributed by atoms with van der Waals surface area (Å²) in [5, 5.41) is 12.1. The van der Waals surface area contributed by atoms with Gasteiger partial charge in [0.1, 0.15) is 5.75 Å². The number of aromatic hydroxyl groups is 1. The van der Waals surface area contributed by atoms with Gasteiger partial charge in [-0.3, -0.25) is 0 Å². The second-order valence-corrected chi connectivity index (χ2v) is 5.59. The molecular weight excluding hydrogens is 328 g/mol. The molecular formula is C17H13BrN2O. The monoisotopic (exact) mass is 340 g/mol. The second-order valence-electron chi connectivity index (χ2n) is 4.74. The van der Waals surface area contributed by atoms with E-state index in [1.807, 2.05) is 55.5 Å². The van der Waals surface area contributed by atoms with Crippen LogP contribution in [0.1, 0.15) is 11.3 Å². The van der Waals surface area contributed by atoms with Gasteiger partial charge in [0.2, 0.25) is 0 Å². The van der Waals surface area contributed by atoms with E-state index in [1.54, 1.807) is 6.21 Å². The van der Waals surface area contributed by atoms with Crippen LogP contribution < -0.4 is 0 Å². The normalized spacial score (nSPS) is 11.3. The highest BCUT2D eigenvalue weighted by molar-refractivity contribution is 9.10. The van der Waals surface area contributed by atoms with Gasteiger partial charge < -0.3 is 5.11 Å². The van der Waals surface area contributed by atoms with Crippen molar-refractivity contribution in [1.29, 1.82) is 0 Å². The van der Waals surface area contributed by atoms with E-state index >= 15 is 0 Å². The Kier molecular flexibility index (Phi) is 3.71. The topological polar surface area (TPSA) is 45.5 Å². The molecule has 0 unspecified atom stereocenters. The molecule has 0 bridgehead atoms. The molecule has 3 nitrogen and oxygen atoms in total. The van der Waals surface area contributed by atoms with E-state index in [9.17, 15) is 5.11 Å². The SMILES string of the molecule is Cc1cccc(N=Cc2cc(Br)c3ccccc3c2O)n1. The summed E-state index contributed by atoms with van der Waals surface area (Å²) in [7, 11) is 0. The van der Waals surface area contributed by atoms with Crippen LogP contribution in [-0.2, 0) is 0 Å². The summed E-state index contributed by atoms with van der Waals surface area (Å²) < 4.78 is 0.926.